The average molecular weight is 292 g/mol. The Hall–Kier alpha value is -0.950. The fourth-order valence-electron chi connectivity index (χ4n) is 2.82. The van der Waals surface area contributed by atoms with Crippen molar-refractivity contribution >= 4 is 11.8 Å². The standard InChI is InChI=1S/C16H24N2OS/c1-10-11(2)19-15(18-10)20-14-8-13(16(3,4)5)7-6-12(14)9-17/h12-14H,6-8H2,1-5H3. The second kappa shape index (κ2) is 5.81. The van der Waals surface area contributed by atoms with Crippen molar-refractivity contribution in [3.8, 4) is 6.07 Å². The van der Waals surface area contributed by atoms with E-state index in [0.29, 0.717) is 16.6 Å². The molecule has 3 nitrogen and oxygen atoms in total. The molecule has 1 heterocycles. The molecule has 0 spiro atoms. The lowest BCUT2D eigenvalue weighted by Gasteiger charge is -2.39. The Labute approximate surface area is 126 Å². The van der Waals surface area contributed by atoms with Crippen molar-refractivity contribution in [1.29, 1.82) is 5.26 Å². The molecule has 1 aliphatic rings. The smallest absolute Gasteiger partial charge is 0.256 e. The molecule has 4 heteroatoms. The molecule has 1 fully saturated rings. The van der Waals surface area contributed by atoms with E-state index in [2.05, 4.69) is 31.8 Å². The first-order chi connectivity index (χ1) is 9.31. The molecule has 0 radical (unpaired) electrons. The van der Waals surface area contributed by atoms with Gasteiger partial charge >= 0.3 is 0 Å². The fourth-order valence-corrected chi connectivity index (χ4v) is 4.13. The molecular formula is C16H24N2OS. The van der Waals surface area contributed by atoms with Crippen LogP contribution in [0.25, 0.3) is 0 Å². The van der Waals surface area contributed by atoms with Gasteiger partial charge in [-0.3, -0.25) is 0 Å². The normalized spacial score (nSPS) is 27.3. The molecule has 1 aromatic heterocycles. The van der Waals surface area contributed by atoms with Crippen LogP contribution >= 0.6 is 11.8 Å². The van der Waals surface area contributed by atoms with Gasteiger partial charge in [0.1, 0.15) is 5.76 Å². The molecule has 0 saturated heterocycles. The van der Waals surface area contributed by atoms with E-state index in [1.165, 1.54) is 0 Å². The van der Waals surface area contributed by atoms with Crippen LogP contribution in [-0.4, -0.2) is 10.2 Å². The number of thioether (sulfide) groups is 1. The maximum absolute atomic E-state index is 9.37. The first kappa shape index (κ1) is 15.4. The number of hydrogen-bond acceptors (Lipinski definition) is 4. The van der Waals surface area contributed by atoms with Crippen LogP contribution in [0.1, 0.15) is 51.5 Å². The Kier molecular flexibility index (Phi) is 4.49. The second-order valence-electron chi connectivity index (χ2n) is 6.89. The quantitative estimate of drug-likeness (QED) is 0.790. The van der Waals surface area contributed by atoms with Gasteiger partial charge in [-0.2, -0.15) is 5.26 Å². The summed E-state index contributed by atoms with van der Waals surface area (Å²) in [6.45, 7) is 10.8. The van der Waals surface area contributed by atoms with Crippen LogP contribution in [0, 0.1) is 42.4 Å². The van der Waals surface area contributed by atoms with Crippen LogP contribution in [-0.2, 0) is 0 Å². The highest BCUT2D eigenvalue weighted by atomic mass is 32.2. The van der Waals surface area contributed by atoms with Crippen molar-refractivity contribution in [1.82, 2.24) is 4.98 Å². The van der Waals surface area contributed by atoms with E-state index < -0.39 is 0 Å². The van der Waals surface area contributed by atoms with Crippen molar-refractivity contribution < 1.29 is 4.42 Å². The first-order valence-electron chi connectivity index (χ1n) is 7.31. The van der Waals surface area contributed by atoms with Gasteiger partial charge in [0, 0.05) is 5.25 Å². The van der Waals surface area contributed by atoms with Gasteiger partial charge in [0.25, 0.3) is 5.22 Å². The van der Waals surface area contributed by atoms with Gasteiger partial charge in [0.15, 0.2) is 0 Å². The zero-order valence-corrected chi connectivity index (χ0v) is 13.9. The zero-order chi connectivity index (χ0) is 14.9. The number of oxazole rings is 1. The van der Waals surface area contributed by atoms with Crippen molar-refractivity contribution in [2.24, 2.45) is 17.3 Å². The van der Waals surface area contributed by atoms with E-state index in [1.54, 1.807) is 11.8 Å². The highest BCUT2D eigenvalue weighted by Crippen LogP contribution is 2.45. The van der Waals surface area contributed by atoms with Gasteiger partial charge in [-0.1, -0.05) is 32.5 Å². The van der Waals surface area contributed by atoms with Crippen LogP contribution < -0.4 is 0 Å². The van der Waals surface area contributed by atoms with Gasteiger partial charge in [-0.15, -0.1) is 0 Å². The van der Waals surface area contributed by atoms with Crippen LogP contribution in [0.2, 0.25) is 0 Å². The predicted octanol–water partition coefficient (Wildman–Crippen LogP) is 4.74. The third kappa shape index (κ3) is 3.38. The number of nitriles is 1. The molecule has 2 rings (SSSR count). The fraction of sp³-hybridized carbons (Fsp3) is 0.750. The lowest BCUT2D eigenvalue weighted by molar-refractivity contribution is 0.168. The molecule has 1 aromatic rings. The summed E-state index contributed by atoms with van der Waals surface area (Å²) in [6.07, 6.45) is 3.23. The van der Waals surface area contributed by atoms with Crippen molar-refractivity contribution in [3.63, 3.8) is 0 Å². The Balaban J connectivity index is 2.11. The van der Waals surface area contributed by atoms with Gasteiger partial charge in [0.05, 0.1) is 17.7 Å². The first-order valence-corrected chi connectivity index (χ1v) is 8.19. The number of aromatic nitrogens is 1. The summed E-state index contributed by atoms with van der Waals surface area (Å²) < 4.78 is 5.67. The maximum Gasteiger partial charge on any atom is 0.256 e. The van der Waals surface area contributed by atoms with Crippen LogP contribution in [0.15, 0.2) is 9.64 Å². The van der Waals surface area contributed by atoms with Gasteiger partial charge < -0.3 is 4.42 Å². The minimum Gasteiger partial charge on any atom is -0.437 e. The third-order valence-electron chi connectivity index (χ3n) is 4.44. The van der Waals surface area contributed by atoms with Crippen molar-refractivity contribution in [2.45, 2.75) is 64.4 Å². The molecule has 3 atom stereocenters. The SMILES string of the molecule is Cc1nc(SC2CC(C(C)(C)C)CCC2C#N)oc1C. The predicted molar refractivity (Wildman–Crippen MR) is 81.5 cm³/mol. The molecule has 20 heavy (non-hydrogen) atoms. The van der Waals surface area contributed by atoms with Gasteiger partial charge in [-0.05, 0) is 44.4 Å². The molecule has 0 N–H and O–H groups in total. The molecule has 0 bridgehead atoms. The van der Waals surface area contributed by atoms with Crippen molar-refractivity contribution in [3.05, 3.63) is 11.5 Å². The topological polar surface area (TPSA) is 49.8 Å². The summed E-state index contributed by atoms with van der Waals surface area (Å²) in [5, 5.41) is 10.4. The van der Waals surface area contributed by atoms with Gasteiger partial charge in [0.2, 0.25) is 0 Å². The van der Waals surface area contributed by atoms with E-state index in [-0.39, 0.29) is 5.92 Å². The lowest BCUT2D eigenvalue weighted by Crippen LogP contribution is -2.33. The summed E-state index contributed by atoms with van der Waals surface area (Å²) in [7, 11) is 0. The number of nitrogens with zero attached hydrogens (tertiary/aromatic N) is 2. The molecule has 0 aromatic carbocycles. The van der Waals surface area contributed by atoms with E-state index in [0.717, 1.165) is 35.9 Å². The zero-order valence-electron chi connectivity index (χ0n) is 13.1. The number of rotatable bonds is 2. The van der Waals surface area contributed by atoms with E-state index in [4.69, 9.17) is 4.42 Å². The molecule has 3 unspecified atom stereocenters. The van der Waals surface area contributed by atoms with E-state index in [9.17, 15) is 5.26 Å². The average Bonchev–Trinajstić information content (AvgIpc) is 2.67. The molecule has 1 aliphatic carbocycles. The summed E-state index contributed by atoms with van der Waals surface area (Å²) in [5.41, 5.74) is 1.26. The van der Waals surface area contributed by atoms with Gasteiger partial charge in [-0.25, -0.2) is 4.98 Å². The third-order valence-corrected chi connectivity index (χ3v) is 5.64. The summed E-state index contributed by atoms with van der Waals surface area (Å²) in [5.74, 6) is 1.66. The Morgan fingerprint density at radius 3 is 2.50 bits per heavy atom. The van der Waals surface area contributed by atoms with Crippen molar-refractivity contribution in [2.75, 3.05) is 0 Å². The summed E-state index contributed by atoms with van der Waals surface area (Å²) >= 11 is 1.65. The van der Waals surface area contributed by atoms with E-state index in [1.807, 2.05) is 13.8 Å². The summed E-state index contributed by atoms with van der Waals surface area (Å²) in [4.78, 5) is 4.45. The van der Waals surface area contributed by atoms with E-state index >= 15 is 0 Å². The van der Waals surface area contributed by atoms with Crippen LogP contribution in [0.4, 0.5) is 0 Å². The molecular weight excluding hydrogens is 268 g/mol. The second-order valence-corrected chi connectivity index (χ2v) is 8.08. The highest BCUT2D eigenvalue weighted by molar-refractivity contribution is 7.99. The summed E-state index contributed by atoms with van der Waals surface area (Å²) in [6, 6.07) is 2.48. The largest absolute Gasteiger partial charge is 0.437 e. The minimum atomic E-state index is 0.117. The minimum absolute atomic E-state index is 0.117. The molecule has 0 amide bonds. The highest BCUT2D eigenvalue weighted by Gasteiger charge is 2.37. The Morgan fingerprint density at radius 1 is 1.30 bits per heavy atom. The van der Waals surface area contributed by atoms with Crippen LogP contribution in [0.3, 0.4) is 0 Å². The Bertz CT molecular complexity index is 490. The number of aryl methyl sites for hydroxylation is 2. The monoisotopic (exact) mass is 292 g/mol. The lowest BCUT2D eigenvalue weighted by atomic mass is 9.70. The molecule has 0 aliphatic heterocycles. The molecule has 110 valence electrons. The maximum atomic E-state index is 9.37. The Morgan fingerprint density at radius 2 is 2.00 bits per heavy atom. The van der Waals surface area contributed by atoms with Crippen LogP contribution in [0.5, 0.6) is 0 Å². The number of hydrogen-bond donors (Lipinski definition) is 0. The molecule has 1 saturated carbocycles.